The Labute approximate surface area is 192 Å². The number of phenolic OH excluding ortho intramolecular Hbond substituents is 1. The van der Waals surface area contributed by atoms with Crippen molar-refractivity contribution in [2.45, 2.75) is 0 Å². The fourth-order valence-corrected chi connectivity index (χ4v) is 4.03. The van der Waals surface area contributed by atoms with E-state index in [1.807, 2.05) is 0 Å². The molecule has 0 bridgehead atoms. The van der Waals surface area contributed by atoms with Gasteiger partial charge in [-0.2, -0.15) is 0 Å². The number of amides is 3. The highest BCUT2D eigenvalue weighted by Gasteiger charge is 2.35. The van der Waals surface area contributed by atoms with E-state index in [1.54, 1.807) is 12.1 Å². The number of nitro benzene ring substituents is 1. The second-order valence-corrected chi connectivity index (χ2v) is 7.58. The van der Waals surface area contributed by atoms with Gasteiger partial charge in [-0.25, -0.2) is 4.90 Å². The number of para-hydroxylation sites is 2. The number of hydrogen-bond donors (Lipinski definition) is 2. The Morgan fingerprint density at radius 1 is 0.882 bits per heavy atom. The number of phenols is 1. The largest absolute Gasteiger partial charge is 0.506 e. The molecular weight excluding hydrogens is 438 g/mol. The van der Waals surface area contributed by atoms with Crippen molar-refractivity contribution in [3.63, 3.8) is 0 Å². The molecule has 3 amide bonds. The molecule has 0 aromatic heterocycles. The molecule has 1 heterocycles. The molecule has 0 spiro atoms. The molecule has 34 heavy (non-hydrogen) atoms. The molecule has 166 valence electrons. The Bertz CT molecular complexity index is 1520. The standard InChI is InChI=1S/C25H15N3O6/c29-21-10-2-1-9-19(21)26-23(30)14-5-3-6-15(13-14)27-24(31)17-8-4-7-16-20(28(33)34)12-11-18(22(16)17)25(27)32/h1-13,29H,(H,26,30). The first kappa shape index (κ1) is 20.8. The minimum Gasteiger partial charge on any atom is -0.506 e. The van der Waals surface area contributed by atoms with Crippen molar-refractivity contribution in [1.29, 1.82) is 0 Å². The van der Waals surface area contributed by atoms with E-state index in [0.29, 0.717) is 0 Å². The van der Waals surface area contributed by atoms with E-state index in [-0.39, 0.29) is 50.3 Å². The molecule has 0 saturated heterocycles. The average Bonchev–Trinajstić information content (AvgIpc) is 2.83. The van der Waals surface area contributed by atoms with E-state index >= 15 is 0 Å². The number of non-ortho nitro benzene ring substituents is 1. The summed E-state index contributed by atoms with van der Waals surface area (Å²) in [5.74, 6) is -1.95. The van der Waals surface area contributed by atoms with Gasteiger partial charge in [0, 0.05) is 28.1 Å². The van der Waals surface area contributed by atoms with Gasteiger partial charge in [0.1, 0.15) is 5.75 Å². The number of nitro groups is 1. The molecule has 1 aliphatic rings. The predicted molar refractivity (Wildman–Crippen MR) is 124 cm³/mol. The first-order valence-electron chi connectivity index (χ1n) is 10.1. The summed E-state index contributed by atoms with van der Waals surface area (Å²) in [4.78, 5) is 51.2. The zero-order chi connectivity index (χ0) is 24.0. The third-order valence-electron chi connectivity index (χ3n) is 5.60. The third kappa shape index (κ3) is 3.23. The maximum atomic E-state index is 13.3. The Morgan fingerprint density at radius 2 is 1.59 bits per heavy atom. The normalized spacial score (nSPS) is 12.6. The van der Waals surface area contributed by atoms with E-state index in [0.717, 1.165) is 4.90 Å². The highest BCUT2D eigenvalue weighted by atomic mass is 16.6. The molecule has 0 radical (unpaired) electrons. The molecule has 0 atom stereocenters. The molecule has 4 aromatic rings. The quantitative estimate of drug-likeness (QED) is 0.202. The monoisotopic (exact) mass is 453 g/mol. The minimum atomic E-state index is -0.651. The van der Waals surface area contributed by atoms with E-state index in [2.05, 4.69) is 5.32 Å². The first-order valence-corrected chi connectivity index (χ1v) is 10.1. The van der Waals surface area contributed by atoms with Gasteiger partial charge in [-0.05, 0) is 48.5 Å². The number of carbonyl (C=O) groups is 3. The topological polar surface area (TPSA) is 130 Å². The predicted octanol–water partition coefficient (Wildman–Crippen LogP) is 4.51. The number of anilines is 2. The van der Waals surface area contributed by atoms with Gasteiger partial charge in [-0.15, -0.1) is 0 Å². The van der Waals surface area contributed by atoms with Crippen molar-refractivity contribution in [2.24, 2.45) is 0 Å². The lowest BCUT2D eigenvalue weighted by Crippen LogP contribution is -2.40. The Balaban J connectivity index is 1.55. The number of nitrogens with one attached hydrogen (secondary N) is 1. The second-order valence-electron chi connectivity index (χ2n) is 7.58. The van der Waals surface area contributed by atoms with Gasteiger partial charge in [0.25, 0.3) is 23.4 Å². The van der Waals surface area contributed by atoms with E-state index in [1.165, 1.54) is 66.7 Å². The molecular formula is C25H15N3O6. The number of carbonyl (C=O) groups excluding carboxylic acids is 3. The molecule has 0 saturated carbocycles. The number of nitrogens with zero attached hydrogens (tertiary/aromatic N) is 2. The number of imide groups is 1. The van der Waals surface area contributed by atoms with Crippen molar-refractivity contribution >= 4 is 45.6 Å². The van der Waals surface area contributed by atoms with Crippen LogP contribution in [-0.2, 0) is 0 Å². The summed E-state index contributed by atoms with van der Waals surface area (Å²) in [6.45, 7) is 0. The van der Waals surface area contributed by atoms with Crippen molar-refractivity contribution < 1.29 is 24.4 Å². The molecule has 1 aliphatic heterocycles. The summed E-state index contributed by atoms with van der Waals surface area (Å²) in [7, 11) is 0. The van der Waals surface area contributed by atoms with Crippen LogP contribution in [0.5, 0.6) is 5.75 Å². The van der Waals surface area contributed by atoms with Crippen LogP contribution in [0.15, 0.2) is 78.9 Å². The Kier molecular flexibility index (Phi) is 4.79. The van der Waals surface area contributed by atoms with Crippen LogP contribution in [0, 0.1) is 10.1 Å². The molecule has 9 heteroatoms. The summed E-state index contributed by atoms with van der Waals surface area (Å²) in [6, 6.07) is 19.3. The Hall–Kier alpha value is -5.05. The number of aromatic hydroxyl groups is 1. The third-order valence-corrected chi connectivity index (χ3v) is 5.60. The Morgan fingerprint density at radius 3 is 2.32 bits per heavy atom. The zero-order valence-electron chi connectivity index (χ0n) is 17.4. The zero-order valence-corrected chi connectivity index (χ0v) is 17.4. The van der Waals surface area contributed by atoms with Gasteiger partial charge in [-0.3, -0.25) is 24.5 Å². The van der Waals surface area contributed by atoms with Crippen LogP contribution in [0.1, 0.15) is 31.1 Å². The van der Waals surface area contributed by atoms with Crippen LogP contribution in [-0.4, -0.2) is 27.8 Å². The van der Waals surface area contributed by atoms with Crippen molar-refractivity contribution in [1.82, 2.24) is 0 Å². The molecule has 5 rings (SSSR count). The van der Waals surface area contributed by atoms with Crippen LogP contribution >= 0.6 is 0 Å². The fourth-order valence-electron chi connectivity index (χ4n) is 4.03. The van der Waals surface area contributed by atoms with Gasteiger partial charge < -0.3 is 10.4 Å². The lowest BCUT2D eigenvalue weighted by Gasteiger charge is -2.27. The van der Waals surface area contributed by atoms with Crippen LogP contribution in [0.4, 0.5) is 17.1 Å². The average molecular weight is 453 g/mol. The van der Waals surface area contributed by atoms with Gasteiger partial charge in [0.2, 0.25) is 0 Å². The van der Waals surface area contributed by atoms with Gasteiger partial charge in [0.15, 0.2) is 0 Å². The van der Waals surface area contributed by atoms with Crippen molar-refractivity contribution in [3.05, 3.63) is 106 Å². The van der Waals surface area contributed by atoms with Gasteiger partial charge >= 0.3 is 0 Å². The van der Waals surface area contributed by atoms with Crippen molar-refractivity contribution in [2.75, 3.05) is 10.2 Å². The maximum Gasteiger partial charge on any atom is 0.277 e. The number of rotatable bonds is 4. The van der Waals surface area contributed by atoms with E-state index < -0.39 is 22.6 Å². The maximum absolute atomic E-state index is 13.3. The first-order chi connectivity index (χ1) is 16.4. The van der Waals surface area contributed by atoms with Gasteiger partial charge in [-0.1, -0.05) is 24.3 Å². The van der Waals surface area contributed by atoms with Crippen LogP contribution in [0.25, 0.3) is 10.8 Å². The van der Waals surface area contributed by atoms with E-state index in [4.69, 9.17) is 0 Å². The van der Waals surface area contributed by atoms with Crippen LogP contribution in [0.3, 0.4) is 0 Å². The summed E-state index contributed by atoms with van der Waals surface area (Å²) in [5, 5.41) is 24.3. The number of benzene rings is 4. The fraction of sp³-hybridized carbons (Fsp3) is 0. The minimum absolute atomic E-state index is 0.104. The highest BCUT2D eigenvalue weighted by molar-refractivity contribution is 6.36. The smallest absolute Gasteiger partial charge is 0.277 e. The summed E-state index contributed by atoms with van der Waals surface area (Å²) in [6.07, 6.45) is 0. The molecule has 0 aliphatic carbocycles. The molecule has 9 nitrogen and oxygen atoms in total. The van der Waals surface area contributed by atoms with Gasteiger partial charge in [0.05, 0.1) is 21.7 Å². The molecule has 2 N–H and O–H groups in total. The van der Waals surface area contributed by atoms with E-state index in [9.17, 15) is 29.6 Å². The van der Waals surface area contributed by atoms with Crippen LogP contribution in [0.2, 0.25) is 0 Å². The second kappa shape index (κ2) is 7.82. The van der Waals surface area contributed by atoms with Crippen molar-refractivity contribution in [3.8, 4) is 5.75 Å². The lowest BCUT2D eigenvalue weighted by atomic mass is 9.92. The number of hydrogen-bond acceptors (Lipinski definition) is 6. The SMILES string of the molecule is O=C(Nc1ccccc1O)c1cccc(N2C(=O)c3cccc4c([N+](=O)[O-])ccc(c34)C2=O)c1. The molecule has 0 fully saturated rings. The van der Waals surface area contributed by atoms with Crippen LogP contribution < -0.4 is 10.2 Å². The summed E-state index contributed by atoms with van der Waals surface area (Å²) >= 11 is 0. The molecule has 0 unspecified atom stereocenters. The summed E-state index contributed by atoms with van der Waals surface area (Å²) in [5.41, 5.74) is 0.650. The lowest BCUT2D eigenvalue weighted by molar-refractivity contribution is -0.383. The highest BCUT2D eigenvalue weighted by Crippen LogP contribution is 2.37. The summed E-state index contributed by atoms with van der Waals surface area (Å²) < 4.78 is 0. The molecule has 4 aromatic carbocycles.